The highest BCUT2D eigenvalue weighted by molar-refractivity contribution is 5.71. The summed E-state index contributed by atoms with van der Waals surface area (Å²) in [5, 5.41) is 3.03. The number of allylic oxidation sites excluding steroid dienone is 2. The van der Waals surface area contributed by atoms with Gasteiger partial charge in [-0.25, -0.2) is 4.79 Å². The third-order valence-corrected chi connectivity index (χ3v) is 4.62. The van der Waals surface area contributed by atoms with Gasteiger partial charge in [0.1, 0.15) is 0 Å². The lowest BCUT2D eigenvalue weighted by atomic mass is 9.63. The quantitative estimate of drug-likeness (QED) is 0.782. The molecule has 2 N–H and O–H groups in total. The van der Waals surface area contributed by atoms with Crippen molar-refractivity contribution < 1.29 is 9.53 Å². The molecular formula is C17H20N2O3. The summed E-state index contributed by atoms with van der Waals surface area (Å²) < 4.78 is 4.84. The van der Waals surface area contributed by atoms with Crippen LogP contribution in [-0.2, 0) is 16.7 Å². The average Bonchev–Trinajstić information content (AvgIpc) is 2.45. The standard InChI is InChI=1S/C17H20N2O3/c1-4-12-11-7-10(2)9-17(12,19-16(21)22-3)13-5-6-15(20)18-14(13)8-11/h4-7,11H,8-9H2,1-3H3,(H,18,20)(H,19,21)/b12-4+. The molecule has 0 saturated heterocycles. The molecule has 0 spiro atoms. The highest BCUT2D eigenvalue weighted by atomic mass is 16.5. The number of nitrogens with one attached hydrogen (secondary N) is 2. The number of ether oxygens (including phenoxy) is 1. The van der Waals surface area contributed by atoms with E-state index in [1.807, 2.05) is 13.0 Å². The van der Waals surface area contributed by atoms with E-state index in [1.165, 1.54) is 18.7 Å². The predicted octanol–water partition coefficient (Wildman–Crippen LogP) is 2.39. The van der Waals surface area contributed by atoms with Gasteiger partial charge in [-0.15, -0.1) is 0 Å². The Balaban J connectivity index is 2.25. The summed E-state index contributed by atoms with van der Waals surface area (Å²) >= 11 is 0. The number of carbonyl (C=O) groups is 1. The van der Waals surface area contributed by atoms with Crippen LogP contribution >= 0.6 is 0 Å². The van der Waals surface area contributed by atoms with E-state index in [-0.39, 0.29) is 11.5 Å². The summed E-state index contributed by atoms with van der Waals surface area (Å²) in [4.78, 5) is 26.6. The van der Waals surface area contributed by atoms with Crippen molar-refractivity contribution in [3.63, 3.8) is 0 Å². The van der Waals surface area contributed by atoms with Crippen LogP contribution < -0.4 is 10.9 Å². The van der Waals surface area contributed by atoms with Gasteiger partial charge in [-0.05, 0) is 38.3 Å². The number of aromatic nitrogens is 1. The zero-order chi connectivity index (χ0) is 15.9. The van der Waals surface area contributed by atoms with Crippen molar-refractivity contribution >= 4 is 6.09 Å². The van der Waals surface area contributed by atoms with Gasteiger partial charge in [0.2, 0.25) is 5.56 Å². The zero-order valence-corrected chi connectivity index (χ0v) is 13.0. The van der Waals surface area contributed by atoms with Gasteiger partial charge in [-0.3, -0.25) is 4.79 Å². The summed E-state index contributed by atoms with van der Waals surface area (Å²) in [5.74, 6) is 0.182. The SMILES string of the molecule is C/C=C1\C2C=C(C)CC1(NC(=O)OC)c1ccc(=O)[nH]c1C2. The highest BCUT2D eigenvalue weighted by Gasteiger charge is 2.47. The predicted molar refractivity (Wildman–Crippen MR) is 83.6 cm³/mol. The summed E-state index contributed by atoms with van der Waals surface area (Å²) in [5.41, 5.74) is 3.47. The lowest BCUT2D eigenvalue weighted by Gasteiger charge is -2.47. The Labute approximate surface area is 129 Å². The van der Waals surface area contributed by atoms with Crippen molar-refractivity contribution in [3.05, 3.63) is 57.0 Å². The van der Waals surface area contributed by atoms with Crippen LogP contribution in [0.5, 0.6) is 0 Å². The number of pyridine rings is 1. The molecule has 0 fully saturated rings. The van der Waals surface area contributed by atoms with Crippen LogP contribution in [0, 0.1) is 5.92 Å². The Morgan fingerprint density at radius 3 is 2.95 bits per heavy atom. The normalized spacial score (nSPS) is 27.9. The van der Waals surface area contributed by atoms with Crippen LogP contribution in [-0.4, -0.2) is 18.2 Å². The van der Waals surface area contributed by atoms with Gasteiger partial charge >= 0.3 is 6.09 Å². The number of rotatable bonds is 1. The van der Waals surface area contributed by atoms with Crippen LogP contribution in [0.1, 0.15) is 31.5 Å². The molecule has 0 aliphatic heterocycles. The Kier molecular flexibility index (Phi) is 3.43. The lowest BCUT2D eigenvalue weighted by Crippen LogP contribution is -2.53. The average molecular weight is 300 g/mol. The molecule has 2 unspecified atom stereocenters. The van der Waals surface area contributed by atoms with Crippen molar-refractivity contribution in [1.29, 1.82) is 0 Å². The maximum Gasteiger partial charge on any atom is 0.407 e. The molecule has 1 aromatic heterocycles. The highest BCUT2D eigenvalue weighted by Crippen LogP contribution is 2.49. The van der Waals surface area contributed by atoms with Crippen LogP contribution in [0.15, 0.2) is 40.2 Å². The van der Waals surface area contributed by atoms with E-state index in [1.54, 1.807) is 0 Å². The van der Waals surface area contributed by atoms with Crippen molar-refractivity contribution in [1.82, 2.24) is 10.3 Å². The van der Waals surface area contributed by atoms with Crippen LogP contribution in [0.3, 0.4) is 0 Å². The van der Waals surface area contributed by atoms with E-state index in [0.717, 1.165) is 23.3 Å². The minimum Gasteiger partial charge on any atom is -0.453 e. The van der Waals surface area contributed by atoms with Crippen molar-refractivity contribution in [2.24, 2.45) is 5.92 Å². The Morgan fingerprint density at radius 2 is 2.27 bits per heavy atom. The number of methoxy groups -OCH3 is 1. The minimum absolute atomic E-state index is 0.116. The maximum atomic E-state index is 12.0. The van der Waals surface area contributed by atoms with Crippen LogP contribution in [0.4, 0.5) is 4.79 Å². The second-order valence-electron chi connectivity index (χ2n) is 5.98. The van der Waals surface area contributed by atoms with E-state index in [0.29, 0.717) is 6.42 Å². The summed E-state index contributed by atoms with van der Waals surface area (Å²) in [6.07, 6.45) is 5.25. The number of hydrogen-bond donors (Lipinski definition) is 2. The largest absolute Gasteiger partial charge is 0.453 e. The van der Waals surface area contributed by atoms with E-state index < -0.39 is 11.6 Å². The first-order valence-corrected chi connectivity index (χ1v) is 7.43. The Bertz CT molecular complexity index is 745. The first-order chi connectivity index (χ1) is 10.5. The zero-order valence-electron chi connectivity index (χ0n) is 13.0. The Morgan fingerprint density at radius 1 is 1.50 bits per heavy atom. The molecule has 2 aliphatic carbocycles. The molecule has 2 atom stereocenters. The number of hydrogen-bond acceptors (Lipinski definition) is 3. The van der Waals surface area contributed by atoms with Gasteiger partial charge in [-0.1, -0.05) is 17.7 Å². The smallest absolute Gasteiger partial charge is 0.407 e. The monoisotopic (exact) mass is 300 g/mol. The molecule has 1 heterocycles. The number of aromatic amines is 1. The molecule has 0 radical (unpaired) electrons. The molecule has 5 heteroatoms. The van der Waals surface area contributed by atoms with E-state index in [9.17, 15) is 9.59 Å². The molecule has 5 nitrogen and oxygen atoms in total. The fraction of sp³-hybridized carbons (Fsp3) is 0.412. The topological polar surface area (TPSA) is 71.2 Å². The second-order valence-corrected chi connectivity index (χ2v) is 5.98. The molecule has 2 aliphatic rings. The number of carbonyl (C=O) groups excluding carboxylic acids is 1. The molecular weight excluding hydrogens is 280 g/mol. The maximum absolute atomic E-state index is 12.0. The molecule has 1 amide bonds. The summed E-state index contributed by atoms with van der Waals surface area (Å²) in [7, 11) is 1.36. The van der Waals surface area contributed by atoms with Crippen LogP contribution in [0.25, 0.3) is 0 Å². The van der Waals surface area contributed by atoms with Gasteiger partial charge in [-0.2, -0.15) is 0 Å². The molecule has 22 heavy (non-hydrogen) atoms. The number of fused-ring (bicyclic) bond motifs is 4. The third kappa shape index (κ3) is 2.08. The first kappa shape index (κ1) is 14.6. The molecule has 0 aromatic carbocycles. The van der Waals surface area contributed by atoms with Gasteiger partial charge < -0.3 is 15.0 Å². The summed E-state index contributed by atoms with van der Waals surface area (Å²) in [6, 6.07) is 3.34. The fourth-order valence-corrected chi connectivity index (χ4v) is 3.92. The van der Waals surface area contributed by atoms with E-state index in [2.05, 4.69) is 29.4 Å². The number of H-pyrrole nitrogens is 1. The Hall–Kier alpha value is -2.30. The van der Waals surface area contributed by atoms with Crippen molar-refractivity contribution in [2.75, 3.05) is 7.11 Å². The fourth-order valence-electron chi connectivity index (χ4n) is 3.92. The molecule has 2 bridgehead atoms. The van der Waals surface area contributed by atoms with E-state index >= 15 is 0 Å². The molecule has 0 saturated carbocycles. The third-order valence-electron chi connectivity index (χ3n) is 4.62. The molecule has 3 rings (SSSR count). The van der Waals surface area contributed by atoms with Gasteiger partial charge in [0, 0.05) is 23.2 Å². The van der Waals surface area contributed by atoms with Gasteiger partial charge in [0.15, 0.2) is 0 Å². The van der Waals surface area contributed by atoms with E-state index in [4.69, 9.17) is 4.74 Å². The molecule has 116 valence electrons. The van der Waals surface area contributed by atoms with Crippen LogP contribution in [0.2, 0.25) is 0 Å². The lowest BCUT2D eigenvalue weighted by molar-refractivity contribution is 0.155. The minimum atomic E-state index is -0.636. The molecule has 1 aromatic rings. The van der Waals surface area contributed by atoms with Gasteiger partial charge in [0.05, 0.1) is 12.6 Å². The number of amides is 1. The van der Waals surface area contributed by atoms with Crippen molar-refractivity contribution in [3.8, 4) is 0 Å². The summed E-state index contributed by atoms with van der Waals surface area (Å²) in [6.45, 7) is 4.06. The van der Waals surface area contributed by atoms with Gasteiger partial charge in [0.25, 0.3) is 0 Å². The van der Waals surface area contributed by atoms with Crippen molar-refractivity contribution in [2.45, 2.75) is 32.2 Å². The number of alkyl carbamates (subject to hydrolysis) is 1. The first-order valence-electron chi connectivity index (χ1n) is 7.43. The second kappa shape index (κ2) is 5.16.